The lowest BCUT2D eigenvalue weighted by Crippen LogP contribution is -2.30. The molecule has 1 aromatic heterocycles. The van der Waals surface area contributed by atoms with Gasteiger partial charge in [-0.2, -0.15) is 5.26 Å². The Hall–Kier alpha value is -2.63. The van der Waals surface area contributed by atoms with Crippen LogP contribution in [0.1, 0.15) is 60.6 Å². The second-order valence-electron chi connectivity index (χ2n) is 8.66. The minimum absolute atomic E-state index is 0.0836. The summed E-state index contributed by atoms with van der Waals surface area (Å²) in [6.07, 6.45) is 6.39. The molecule has 1 aliphatic carbocycles. The molecular weight excluding hydrogens is 548 g/mol. The molecule has 168 valence electrons. The van der Waals surface area contributed by atoms with Gasteiger partial charge in [0.05, 0.1) is 26.3 Å². The first-order chi connectivity index (χ1) is 16.0. The quantitative estimate of drug-likeness (QED) is 0.316. The van der Waals surface area contributed by atoms with E-state index in [0.29, 0.717) is 20.7 Å². The number of nitriles is 1. The van der Waals surface area contributed by atoms with Crippen molar-refractivity contribution >= 4 is 37.8 Å². The lowest BCUT2D eigenvalue weighted by Gasteiger charge is -2.28. The molecule has 0 spiro atoms. The van der Waals surface area contributed by atoms with Crippen molar-refractivity contribution in [3.8, 4) is 29.0 Å². The summed E-state index contributed by atoms with van der Waals surface area (Å²) in [5, 5.41) is 35.8. The molecule has 1 fully saturated rings. The first-order valence-corrected chi connectivity index (χ1v) is 12.6. The molecule has 3 N–H and O–H groups in total. The van der Waals surface area contributed by atoms with E-state index in [1.165, 1.54) is 37.7 Å². The monoisotopic (exact) mass is 568 g/mol. The number of hydrogen-bond acceptors (Lipinski definition) is 5. The summed E-state index contributed by atoms with van der Waals surface area (Å²) in [6, 6.07) is 14.4. The van der Waals surface area contributed by atoms with Crippen LogP contribution in [0.2, 0.25) is 0 Å². The largest absolute Gasteiger partial charge is 0.506 e. The van der Waals surface area contributed by atoms with Crippen molar-refractivity contribution in [2.45, 2.75) is 43.9 Å². The van der Waals surface area contributed by atoms with Gasteiger partial charge in [-0.1, -0.05) is 43.5 Å². The molecule has 2 heterocycles. The molecule has 3 aromatic rings. The average molecular weight is 570 g/mol. The van der Waals surface area contributed by atoms with E-state index in [-0.39, 0.29) is 11.6 Å². The van der Waals surface area contributed by atoms with Gasteiger partial charge in [0.25, 0.3) is 0 Å². The number of aromatic nitrogens is 2. The number of hydrogen-bond donors (Lipinski definition) is 3. The topological polar surface area (TPSA) is 106 Å². The third kappa shape index (κ3) is 3.98. The van der Waals surface area contributed by atoms with Crippen LogP contribution in [-0.4, -0.2) is 21.2 Å². The summed E-state index contributed by atoms with van der Waals surface area (Å²) in [6.45, 7) is 0. The summed E-state index contributed by atoms with van der Waals surface area (Å²) in [7, 11) is 0. The number of benzene rings is 2. The highest BCUT2D eigenvalue weighted by atomic mass is 79.9. The maximum absolute atomic E-state index is 10.2. The predicted molar refractivity (Wildman–Crippen MR) is 133 cm³/mol. The van der Waals surface area contributed by atoms with E-state index >= 15 is 0 Å². The van der Waals surface area contributed by atoms with Crippen molar-refractivity contribution < 1.29 is 9.84 Å². The van der Waals surface area contributed by atoms with Crippen molar-refractivity contribution in [3.63, 3.8) is 0 Å². The second-order valence-corrected chi connectivity index (χ2v) is 10.4. The van der Waals surface area contributed by atoms with Crippen LogP contribution in [0.3, 0.4) is 0 Å². The van der Waals surface area contributed by atoms with E-state index in [2.05, 4.69) is 72.4 Å². The van der Waals surface area contributed by atoms with Gasteiger partial charge < -0.3 is 9.84 Å². The number of fused-ring (bicyclic) bond motifs is 1. The molecule has 5 rings (SSSR count). The van der Waals surface area contributed by atoms with E-state index in [0.717, 1.165) is 22.4 Å². The van der Waals surface area contributed by atoms with Gasteiger partial charge in [-0.25, -0.2) is 0 Å². The fraction of sp³-hybridized carbons (Fsp3) is 0.320. The highest BCUT2D eigenvalue weighted by molar-refractivity contribution is 9.11. The Labute approximate surface area is 208 Å². The zero-order chi connectivity index (χ0) is 23.1. The molecule has 2 aromatic carbocycles. The number of halogens is 2. The van der Waals surface area contributed by atoms with Gasteiger partial charge in [0.15, 0.2) is 0 Å². The van der Waals surface area contributed by atoms with Gasteiger partial charge in [-0.15, -0.1) is 5.10 Å². The normalized spacial score (nSPS) is 20.7. The minimum atomic E-state index is -0.821. The summed E-state index contributed by atoms with van der Waals surface area (Å²) in [4.78, 5) is 0. The number of nitrogens with one attached hydrogen (secondary N) is 2. The fourth-order valence-corrected chi connectivity index (χ4v) is 6.24. The van der Waals surface area contributed by atoms with E-state index in [9.17, 15) is 10.4 Å². The Balaban J connectivity index is 1.60. The zero-order valence-electron chi connectivity index (χ0n) is 17.7. The minimum Gasteiger partial charge on any atom is -0.506 e. The Morgan fingerprint density at radius 1 is 1.06 bits per heavy atom. The third-order valence-electron chi connectivity index (χ3n) is 6.72. The van der Waals surface area contributed by atoms with Crippen LogP contribution < -0.4 is 4.74 Å². The summed E-state index contributed by atoms with van der Waals surface area (Å²) >= 11 is 6.78. The number of nitrogens with zero attached hydrogens (tertiary/aromatic N) is 2. The number of aromatic amines is 1. The number of rotatable bonds is 3. The van der Waals surface area contributed by atoms with Gasteiger partial charge in [-0.05, 0) is 79.4 Å². The molecule has 0 radical (unpaired) electrons. The van der Waals surface area contributed by atoms with Gasteiger partial charge in [0.1, 0.15) is 11.7 Å². The van der Waals surface area contributed by atoms with Crippen LogP contribution in [0.25, 0.3) is 11.3 Å². The summed E-state index contributed by atoms with van der Waals surface area (Å²) < 4.78 is 6.65. The molecule has 33 heavy (non-hydrogen) atoms. The predicted octanol–water partition coefficient (Wildman–Crippen LogP) is 7.00. The number of ether oxygens (including phenoxy) is 1. The van der Waals surface area contributed by atoms with Crippen LogP contribution >= 0.6 is 31.9 Å². The Kier molecular flexibility index (Phi) is 6.02. The van der Waals surface area contributed by atoms with Crippen LogP contribution in [-0.2, 0) is 0 Å². The molecule has 1 aliphatic heterocycles. The Morgan fingerprint density at radius 3 is 2.36 bits per heavy atom. The van der Waals surface area contributed by atoms with Crippen molar-refractivity contribution in [1.82, 2.24) is 10.2 Å². The molecule has 8 heteroatoms. The van der Waals surface area contributed by atoms with Crippen molar-refractivity contribution in [2.75, 3.05) is 0 Å². The third-order valence-corrected chi connectivity index (χ3v) is 7.92. The molecule has 0 saturated heterocycles. The maximum atomic E-state index is 10.2. The van der Waals surface area contributed by atoms with E-state index in [1.54, 1.807) is 12.1 Å². The summed E-state index contributed by atoms with van der Waals surface area (Å²) in [5.74, 6) is -0.427. The van der Waals surface area contributed by atoms with E-state index < -0.39 is 11.8 Å². The van der Waals surface area contributed by atoms with Crippen LogP contribution in [0, 0.1) is 22.7 Å². The van der Waals surface area contributed by atoms with Crippen LogP contribution in [0.5, 0.6) is 11.6 Å². The number of phenols is 1. The zero-order valence-corrected chi connectivity index (χ0v) is 20.9. The first-order valence-electron chi connectivity index (χ1n) is 11.0. The van der Waals surface area contributed by atoms with Gasteiger partial charge >= 0.3 is 0 Å². The Bertz CT molecular complexity index is 1230. The average Bonchev–Trinajstić information content (AvgIpc) is 3.25. The van der Waals surface area contributed by atoms with Crippen LogP contribution in [0.4, 0.5) is 0 Å². The van der Waals surface area contributed by atoms with Crippen LogP contribution in [0.15, 0.2) is 45.3 Å². The van der Waals surface area contributed by atoms with Gasteiger partial charge in [0, 0.05) is 5.92 Å². The standard InChI is InChI=1S/C25H22Br2N4O2/c26-18-10-16(11-19(27)23(18)32)20-17(12-28)24(29)33-25-21(20)22(30-31-25)15-8-6-14(7-9-15)13-4-2-1-3-5-13/h6-11,13,17,20,29,32H,1-5H2,(H,30,31). The number of phenolic OH excluding ortho intramolecular Hbond substituents is 1. The maximum Gasteiger partial charge on any atom is 0.244 e. The highest BCUT2D eigenvalue weighted by Crippen LogP contribution is 2.48. The van der Waals surface area contributed by atoms with Crippen molar-refractivity contribution in [3.05, 3.63) is 62.0 Å². The highest BCUT2D eigenvalue weighted by Gasteiger charge is 2.41. The van der Waals surface area contributed by atoms with Gasteiger partial charge in [-0.3, -0.25) is 10.5 Å². The second kappa shape index (κ2) is 8.96. The SMILES string of the molecule is N#CC1C(=N)Oc2n[nH]c(-c3ccc(C4CCCCC4)cc3)c2C1c1cc(Br)c(O)c(Br)c1. The van der Waals surface area contributed by atoms with Crippen molar-refractivity contribution in [2.24, 2.45) is 5.92 Å². The molecule has 0 amide bonds. The molecule has 0 bridgehead atoms. The van der Waals surface area contributed by atoms with Gasteiger partial charge in [0.2, 0.25) is 11.8 Å². The molecular formula is C25H22Br2N4O2. The van der Waals surface area contributed by atoms with Crippen molar-refractivity contribution in [1.29, 1.82) is 10.7 Å². The first kappa shape index (κ1) is 22.2. The smallest absolute Gasteiger partial charge is 0.244 e. The molecule has 2 unspecified atom stereocenters. The molecule has 1 saturated carbocycles. The lowest BCUT2D eigenvalue weighted by atomic mass is 9.78. The molecule has 2 atom stereocenters. The number of aromatic hydroxyl groups is 1. The molecule has 6 nitrogen and oxygen atoms in total. The van der Waals surface area contributed by atoms with E-state index in [1.807, 2.05) is 0 Å². The van der Waals surface area contributed by atoms with E-state index in [4.69, 9.17) is 10.1 Å². The fourth-order valence-electron chi connectivity index (χ4n) is 5.02. The summed E-state index contributed by atoms with van der Waals surface area (Å²) in [5.41, 5.74) is 4.61. The Morgan fingerprint density at radius 2 is 1.73 bits per heavy atom. The number of H-pyrrole nitrogens is 1. The lowest BCUT2D eigenvalue weighted by molar-refractivity contribution is 0.436. The molecule has 2 aliphatic rings.